The molecule has 4 rings (SSSR count). The van der Waals surface area contributed by atoms with Crippen LogP contribution in [-0.2, 0) is 18.1 Å². The predicted octanol–water partition coefficient (Wildman–Crippen LogP) is 3.33. The normalized spacial score (nSPS) is 16.3. The first-order valence-electron chi connectivity index (χ1n) is 9.15. The number of hydrogen-bond acceptors (Lipinski definition) is 6. The van der Waals surface area contributed by atoms with Crippen LogP contribution in [0, 0.1) is 11.7 Å². The largest absolute Gasteiger partial charge is 0.492 e. The van der Waals surface area contributed by atoms with E-state index in [1.165, 1.54) is 12.1 Å². The maximum atomic E-state index is 15.6. The van der Waals surface area contributed by atoms with Crippen LogP contribution in [0.1, 0.15) is 24.1 Å². The summed E-state index contributed by atoms with van der Waals surface area (Å²) < 4.78 is 52.1. The fourth-order valence-corrected chi connectivity index (χ4v) is 3.19. The monoisotopic (exact) mass is 439 g/mol. The first-order valence-corrected chi connectivity index (χ1v) is 9.53. The van der Waals surface area contributed by atoms with E-state index in [0.29, 0.717) is 18.3 Å². The third-order valence-electron chi connectivity index (χ3n) is 4.92. The van der Waals surface area contributed by atoms with Gasteiger partial charge >= 0.3 is 5.92 Å². The lowest BCUT2D eigenvalue weighted by molar-refractivity contribution is -0.207. The Morgan fingerprint density at radius 1 is 1.23 bits per heavy atom. The van der Waals surface area contributed by atoms with Crippen molar-refractivity contribution in [1.82, 2.24) is 25.2 Å². The third-order valence-corrected chi connectivity index (χ3v) is 5.15. The molecule has 7 nitrogen and oxygen atoms in total. The summed E-state index contributed by atoms with van der Waals surface area (Å²) >= 11 is 5.74. The Labute approximate surface area is 174 Å². The molecule has 1 N–H and O–H groups in total. The van der Waals surface area contributed by atoms with Gasteiger partial charge in [0.25, 0.3) is 0 Å². The molecule has 1 atom stereocenters. The number of alkyl halides is 2. The molecule has 0 spiro atoms. The molecule has 30 heavy (non-hydrogen) atoms. The van der Waals surface area contributed by atoms with E-state index >= 15 is 8.78 Å². The van der Waals surface area contributed by atoms with Crippen LogP contribution in [0.3, 0.4) is 0 Å². The minimum absolute atomic E-state index is 0.000344. The predicted molar refractivity (Wildman–Crippen MR) is 99.5 cm³/mol. The molecule has 2 aromatic heterocycles. The minimum Gasteiger partial charge on any atom is -0.492 e. The van der Waals surface area contributed by atoms with Crippen molar-refractivity contribution in [1.29, 1.82) is 0 Å². The highest BCUT2D eigenvalue weighted by atomic mass is 35.5. The van der Waals surface area contributed by atoms with E-state index < -0.39 is 35.1 Å². The smallest absolute Gasteiger partial charge is 0.323 e. The average molecular weight is 440 g/mol. The summed E-state index contributed by atoms with van der Waals surface area (Å²) in [4.78, 5) is 3.77. The van der Waals surface area contributed by atoms with Crippen LogP contribution in [0.4, 0.5) is 13.2 Å². The zero-order chi connectivity index (χ0) is 21.4. The van der Waals surface area contributed by atoms with Crippen molar-refractivity contribution in [2.24, 2.45) is 5.92 Å². The minimum atomic E-state index is -4.01. The quantitative estimate of drug-likeness (QED) is 0.579. The number of halogens is 4. The van der Waals surface area contributed by atoms with E-state index in [4.69, 9.17) is 16.3 Å². The van der Waals surface area contributed by atoms with Crippen molar-refractivity contribution in [2.45, 2.75) is 30.9 Å². The Balaban J connectivity index is 1.70. The molecule has 0 aliphatic heterocycles. The van der Waals surface area contributed by atoms with Crippen LogP contribution in [0.15, 0.2) is 42.9 Å². The van der Waals surface area contributed by atoms with Gasteiger partial charge in [0.1, 0.15) is 23.6 Å². The van der Waals surface area contributed by atoms with Crippen molar-refractivity contribution >= 4 is 11.6 Å². The number of nitrogens with zero attached hydrogens (tertiary/aromatic N) is 5. The van der Waals surface area contributed by atoms with Crippen molar-refractivity contribution in [2.75, 3.05) is 6.61 Å². The summed E-state index contributed by atoms with van der Waals surface area (Å²) in [5.74, 6) is -4.28. The number of tetrazole rings is 1. The first kappa shape index (κ1) is 20.5. The summed E-state index contributed by atoms with van der Waals surface area (Å²) in [6.07, 6.45) is 4.36. The van der Waals surface area contributed by atoms with Crippen molar-refractivity contribution in [3.8, 4) is 5.75 Å². The second-order valence-corrected chi connectivity index (χ2v) is 7.64. The highest BCUT2D eigenvalue weighted by molar-refractivity contribution is 6.30. The van der Waals surface area contributed by atoms with E-state index in [1.807, 2.05) is 0 Å². The van der Waals surface area contributed by atoms with E-state index in [9.17, 15) is 9.50 Å². The second kappa shape index (κ2) is 7.84. The van der Waals surface area contributed by atoms with Crippen LogP contribution in [0.5, 0.6) is 5.75 Å². The van der Waals surface area contributed by atoms with E-state index in [0.717, 1.165) is 48.2 Å². The molecule has 11 heteroatoms. The number of pyridine rings is 1. The summed E-state index contributed by atoms with van der Waals surface area (Å²) in [7, 11) is 0. The average Bonchev–Trinajstić information content (AvgIpc) is 3.41. The zero-order valence-corrected chi connectivity index (χ0v) is 16.3. The standard InChI is InChI=1S/C19H17ClF3N5O2/c20-13-3-5-15(16(21)7-13)18(29,10-28-11-25-26-27-28)19(22,23)17-6-4-14(8-24-17)30-9-12-1-2-12/h3-8,11-12,29H,1-2,9-10H2. The SMILES string of the molecule is OC(Cn1cnnn1)(c1ccc(Cl)cc1F)C(F)(F)c1ccc(OCC2CC2)cn1. The number of aliphatic hydroxyl groups is 1. The highest BCUT2D eigenvalue weighted by Gasteiger charge is 2.58. The fraction of sp³-hybridized carbons (Fsp3) is 0.368. The van der Waals surface area contributed by atoms with Crippen LogP contribution < -0.4 is 4.74 Å². The van der Waals surface area contributed by atoms with Gasteiger partial charge in [-0.15, -0.1) is 5.10 Å². The maximum absolute atomic E-state index is 15.6. The van der Waals surface area contributed by atoms with Crippen molar-refractivity contribution in [3.63, 3.8) is 0 Å². The molecule has 1 aliphatic carbocycles. The molecule has 0 saturated heterocycles. The molecular weight excluding hydrogens is 423 g/mol. The summed E-state index contributed by atoms with van der Waals surface area (Å²) in [6.45, 7) is -0.330. The van der Waals surface area contributed by atoms with Gasteiger partial charge in [-0.25, -0.2) is 9.07 Å². The fourth-order valence-electron chi connectivity index (χ4n) is 3.03. The van der Waals surface area contributed by atoms with E-state index in [2.05, 4.69) is 20.5 Å². The summed E-state index contributed by atoms with van der Waals surface area (Å²) in [5, 5.41) is 21.4. The number of hydrogen-bond donors (Lipinski definition) is 1. The lowest BCUT2D eigenvalue weighted by atomic mass is 9.84. The van der Waals surface area contributed by atoms with Crippen molar-refractivity contribution in [3.05, 3.63) is 65.0 Å². The van der Waals surface area contributed by atoms with Gasteiger partial charge in [-0.3, -0.25) is 4.98 Å². The molecular formula is C19H17ClF3N5O2. The topological polar surface area (TPSA) is 86.0 Å². The van der Waals surface area contributed by atoms with Gasteiger partial charge in [-0.2, -0.15) is 8.78 Å². The van der Waals surface area contributed by atoms with Gasteiger partial charge in [-0.05, 0) is 53.5 Å². The van der Waals surface area contributed by atoms with E-state index in [-0.39, 0.29) is 5.02 Å². The Bertz CT molecular complexity index is 1020. The number of aromatic nitrogens is 5. The number of benzene rings is 1. The lowest BCUT2D eigenvalue weighted by Gasteiger charge is -2.35. The summed E-state index contributed by atoms with van der Waals surface area (Å²) in [5.41, 5.74) is -4.48. The summed E-state index contributed by atoms with van der Waals surface area (Å²) in [6, 6.07) is 5.45. The van der Waals surface area contributed by atoms with Crippen molar-refractivity contribution < 1.29 is 23.0 Å². The highest BCUT2D eigenvalue weighted by Crippen LogP contribution is 2.47. The number of rotatable bonds is 8. The van der Waals surface area contributed by atoms with Gasteiger partial charge in [-0.1, -0.05) is 17.7 Å². The first-order chi connectivity index (χ1) is 14.3. The molecule has 0 amide bonds. The van der Waals surface area contributed by atoms with Crippen LogP contribution in [0.25, 0.3) is 0 Å². The second-order valence-electron chi connectivity index (χ2n) is 7.20. The van der Waals surface area contributed by atoms with Crippen LogP contribution in [0.2, 0.25) is 5.02 Å². The molecule has 0 radical (unpaired) electrons. The molecule has 0 bridgehead atoms. The molecule has 158 valence electrons. The Kier molecular flexibility index (Phi) is 5.37. The molecule has 1 saturated carbocycles. The molecule has 2 heterocycles. The van der Waals surface area contributed by atoms with E-state index in [1.54, 1.807) is 0 Å². The molecule has 1 unspecified atom stereocenters. The van der Waals surface area contributed by atoms with Crippen LogP contribution >= 0.6 is 11.6 Å². The van der Waals surface area contributed by atoms with Gasteiger partial charge in [0.05, 0.1) is 19.3 Å². The van der Waals surface area contributed by atoms with Gasteiger partial charge in [0.15, 0.2) is 5.60 Å². The Hall–Kier alpha value is -2.72. The lowest BCUT2D eigenvalue weighted by Crippen LogP contribution is -2.48. The van der Waals surface area contributed by atoms with Gasteiger partial charge in [0.2, 0.25) is 0 Å². The third kappa shape index (κ3) is 3.97. The molecule has 1 aromatic carbocycles. The van der Waals surface area contributed by atoms with Crippen LogP contribution in [-0.4, -0.2) is 36.9 Å². The number of ether oxygens (including phenoxy) is 1. The Morgan fingerprint density at radius 2 is 2.03 bits per heavy atom. The van der Waals surface area contributed by atoms with Gasteiger partial charge < -0.3 is 9.84 Å². The van der Waals surface area contributed by atoms with Gasteiger partial charge in [0, 0.05) is 10.6 Å². The zero-order valence-electron chi connectivity index (χ0n) is 15.6. The maximum Gasteiger partial charge on any atom is 0.323 e. The Morgan fingerprint density at radius 3 is 2.63 bits per heavy atom. The molecule has 1 aliphatic rings. The molecule has 3 aromatic rings. The molecule has 1 fully saturated rings.